The molecule has 352 valence electrons. The van der Waals surface area contributed by atoms with Gasteiger partial charge in [0.15, 0.2) is 0 Å². The maximum absolute atomic E-state index is 6.61. The highest BCUT2D eigenvalue weighted by Crippen LogP contribution is 2.35. The van der Waals surface area contributed by atoms with Gasteiger partial charge in [-0.3, -0.25) is 0 Å². The largest absolute Gasteiger partial charge is 0.497 e. The minimum Gasteiger partial charge on any atom is -0.497 e. The van der Waals surface area contributed by atoms with Crippen LogP contribution in [0, 0.1) is 0 Å². The topological polar surface area (TPSA) is 102 Å². The molecule has 0 aromatic heterocycles. The standard InChI is InChI=1S/C57H58O11/c1-58-48-13-5-40(6-14-48)34-63-52-25-44(26-53(31-52)64-35-41-7-15-49(59-2)16-8-41)38-67-56-29-47(46-21-23-62-24-22-46)30-57(33-56)68-39-45-27-54(65-36-42-9-17-50(60-3)18-10-42)32-55(28-45)66-37-43-11-19-51(61-4)20-12-43/h5-20,25-33,46H,21-24,34-39H2,1-4H3. The van der Waals surface area contributed by atoms with Gasteiger partial charge >= 0.3 is 0 Å². The molecular formula is C57H58O11. The summed E-state index contributed by atoms with van der Waals surface area (Å²) in [6.45, 7) is 3.41. The highest BCUT2D eigenvalue weighted by Gasteiger charge is 2.19. The predicted octanol–water partition coefficient (Wildman–Crippen LogP) is 12.1. The lowest BCUT2D eigenvalue weighted by Crippen LogP contribution is -2.14. The van der Waals surface area contributed by atoms with Gasteiger partial charge in [0.2, 0.25) is 0 Å². The van der Waals surface area contributed by atoms with Crippen LogP contribution in [0.25, 0.3) is 0 Å². The summed E-state index contributed by atoms with van der Waals surface area (Å²) in [4.78, 5) is 0. The first-order valence-corrected chi connectivity index (χ1v) is 22.7. The van der Waals surface area contributed by atoms with Crippen molar-refractivity contribution in [2.75, 3.05) is 41.7 Å². The Kier molecular flexibility index (Phi) is 16.5. The van der Waals surface area contributed by atoms with E-state index in [0.29, 0.717) is 80.1 Å². The maximum atomic E-state index is 6.61. The van der Waals surface area contributed by atoms with E-state index in [9.17, 15) is 0 Å². The van der Waals surface area contributed by atoms with Crippen LogP contribution in [-0.4, -0.2) is 41.7 Å². The minimum atomic E-state index is 0.262. The van der Waals surface area contributed by atoms with E-state index in [4.69, 9.17) is 52.1 Å². The number of rotatable bonds is 23. The summed E-state index contributed by atoms with van der Waals surface area (Å²) in [6.07, 6.45) is 1.82. The Labute approximate surface area is 398 Å². The molecule has 1 aliphatic heterocycles. The summed E-state index contributed by atoms with van der Waals surface area (Å²) in [5.41, 5.74) is 6.95. The molecule has 0 spiro atoms. The molecule has 1 heterocycles. The van der Waals surface area contributed by atoms with Crippen molar-refractivity contribution in [3.05, 3.63) is 191 Å². The van der Waals surface area contributed by atoms with Crippen molar-refractivity contribution < 1.29 is 52.1 Å². The van der Waals surface area contributed by atoms with Gasteiger partial charge in [-0.1, -0.05) is 48.5 Å². The fraction of sp³-hybridized carbons (Fsp3) is 0.263. The average molecular weight is 919 g/mol. The SMILES string of the molecule is COc1ccc(COc2cc(COc3cc(OCc4cc(OCc5ccc(OC)cc5)cc(OCc5ccc(OC)cc5)c4)cc(C4CCOCC4)c3)cc(OCc3ccc(OC)cc3)c2)cc1. The molecule has 11 heteroatoms. The Morgan fingerprint density at radius 3 is 0.824 bits per heavy atom. The molecular weight excluding hydrogens is 861 g/mol. The van der Waals surface area contributed by atoms with Gasteiger partial charge in [-0.25, -0.2) is 0 Å². The minimum absolute atomic E-state index is 0.262. The Bertz CT molecular complexity index is 2330. The molecule has 1 fully saturated rings. The first kappa shape index (κ1) is 47.0. The Morgan fingerprint density at radius 2 is 0.559 bits per heavy atom. The molecule has 0 bridgehead atoms. The van der Waals surface area contributed by atoms with Crippen LogP contribution in [0.5, 0.6) is 57.5 Å². The first-order valence-electron chi connectivity index (χ1n) is 22.7. The van der Waals surface area contributed by atoms with E-state index in [1.54, 1.807) is 28.4 Å². The zero-order valence-corrected chi connectivity index (χ0v) is 39.1. The van der Waals surface area contributed by atoms with Crippen LogP contribution in [-0.2, 0) is 44.4 Å². The van der Waals surface area contributed by atoms with Crippen molar-refractivity contribution in [2.24, 2.45) is 0 Å². The Balaban J connectivity index is 1.01. The summed E-state index contributed by atoms with van der Waals surface area (Å²) >= 11 is 0. The van der Waals surface area contributed by atoms with E-state index in [1.165, 1.54) is 0 Å². The van der Waals surface area contributed by atoms with Crippen molar-refractivity contribution in [2.45, 2.75) is 58.4 Å². The van der Waals surface area contributed by atoms with Gasteiger partial charge in [-0.2, -0.15) is 0 Å². The predicted molar refractivity (Wildman–Crippen MR) is 260 cm³/mol. The lowest BCUT2D eigenvalue weighted by molar-refractivity contribution is 0.0852. The molecule has 7 aromatic rings. The molecule has 0 radical (unpaired) electrons. The fourth-order valence-corrected chi connectivity index (χ4v) is 7.68. The third kappa shape index (κ3) is 13.8. The highest BCUT2D eigenvalue weighted by molar-refractivity contribution is 5.44. The molecule has 0 amide bonds. The monoisotopic (exact) mass is 918 g/mol. The summed E-state index contributed by atoms with van der Waals surface area (Å²) in [7, 11) is 6.62. The van der Waals surface area contributed by atoms with E-state index in [0.717, 1.165) is 74.8 Å². The number of hydrogen-bond acceptors (Lipinski definition) is 11. The van der Waals surface area contributed by atoms with Gasteiger partial charge in [0.1, 0.15) is 97.1 Å². The molecule has 8 rings (SSSR count). The maximum Gasteiger partial charge on any atom is 0.123 e. The van der Waals surface area contributed by atoms with Crippen LogP contribution >= 0.6 is 0 Å². The van der Waals surface area contributed by atoms with E-state index < -0.39 is 0 Å². The molecule has 0 saturated carbocycles. The van der Waals surface area contributed by atoms with E-state index in [1.807, 2.05) is 140 Å². The third-order valence-electron chi connectivity index (χ3n) is 11.5. The number of ether oxygens (including phenoxy) is 11. The molecule has 68 heavy (non-hydrogen) atoms. The van der Waals surface area contributed by atoms with Gasteiger partial charge in [0.25, 0.3) is 0 Å². The molecule has 0 aliphatic carbocycles. The smallest absolute Gasteiger partial charge is 0.123 e. The van der Waals surface area contributed by atoms with Crippen molar-refractivity contribution in [1.29, 1.82) is 0 Å². The van der Waals surface area contributed by atoms with Crippen LogP contribution in [0.1, 0.15) is 57.7 Å². The summed E-state index contributed by atoms with van der Waals surface area (Å²) in [6, 6.07) is 49.2. The summed E-state index contributed by atoms with van der Waals surface area (Å²) in [5, 5.41) is 0. The Morgan fingerprint density at radius 1 is 0.309 bits per heavy atom. The number of hydrogen-bond donors (Lipinski definition) is 0. The van der Waals surface area contributed by atoms with Gasteiger partial charge in [-0.05, 0) is 143 Å². The van der Waals surface area contributed by atoms with Crippen molar-refractivity contribution in [3.8, 4) is 57.5 Å². The second-order valence-electron chi connectivity index (χ2n) is 16.4. The van der Waals surface area contributed by atoms with Gasteiger partial charge in [0.05, 0.1) is 28.4 Å². The van der Waals surface area contributed by atoms with Crippen LogP contribution < -0.4 is 47.4 Å². The van der Waals surface area contributed by atoms with E-state index >= 15 is 0 Å². The van der Waals surface area contributed by atoms with E-state index in [2.05, 4.69) is 12.1 Å². The second-order valence-corrected chi connectivity index (χ2v) is 16.4. The highest BCUT2D eigenvalue weighted by atomic mass is 16.5. The van der Waals surface area contributed by atoms with Crippen LogP contribution in [0.3, 0.4) is 0 Å². The third-order valence-corrected chi connectivity index (χ3v) is 11.5. The van der Waals surface area contributed by atoms with E-state index in [-0.39, 0.29) is 13.2 Å². The zero-order chi connectivity index (χ0) is 46.9. The lowest BCUT2D eigenvalue weighted by atomic mass is 9.91. The molecule has 0 unspecified atom stereocenters. The van der Waals surface area contributed by atoms with Crippen molar-refractivity contribution in [1.82, 2.24) is 0 Å². The molecule has 7 aromatic carbocycles. The van der Waals surface area contributed by atoms with Gasteiger partial charge in [-0.15, -0.1) is 0 Å². The van der Waals surface area contributed by atoms with Gasteiger partial charge < -0.3 is 52.1 Å². The summed E-state index contributed by atoms with van der Waals surface area (Å²) in [5.74, 6) is 7.48. The lowest BCUT2D eigenvalue weighted by Gasteiger charge is -2.23. The fourth-order valence-electron chi connectivity index (χ4n) is 7.68. The Hall–Kier alpha value is -7.50. The van der Waals surface area contributed by atoms with Crippen LogP contribution in [0.15, 0.2) is 152 Å². The quantitative estimate of drug-likeness (QED) is 0.0613. The molecule has 0 N–H and O–H groups in total. The van der Waals surface area contributed by atoms with Gasteiger partial charge in [0, 0.05) is 31.4 Å². The van der Waals surface area contributed by atoms with Crippen molar-refractivity contribution >= 4 is 0 Å². The van der Waals surface area contributed by atoms with Crippen LogP contribution in [0.2, 0.25) is 0 Å². The zero-order valence-electron chi connectivity index (χ0n) is 39.1. The molecule has 0 atom stereocenters. The number of methoxy groups -OCH3 is 4. The normalized spacial score (nSPS) is 12.4. The molecule has 11 nitrogen and oxygen atoms in total. The second kappa shape index (κ2) is 23.8. The number of benzene rings is 7. The van der Waals surface area contributed by atoms with Crippen LogP contribution in [0.4, 0.5) is 0 Å². The molecule has 1 saturated heterocycles. The summed E-state index contributed by atoms with van der Waals surface area (Å²) < 4.78 is 65.6. The average Bonchev–Trinajstić information content (AvgIpc) is 3.40. The van der Waals surface area contributed by atoms with Crippen molar-refractivity contribution in [3.63, 3.8) is 0 Å². The first-order chi connectivity index (χ1) is 33.4. The molecule has 1 aliphatic rings.